The fourth-order valence-corrected chi connectivity index (χ4v) is 2.03. The minimum absolute atomic E-state index is 0.107. The number of carbonyl (C=O) groups is 2. The van der Waals surface area contributed by atoms with E-state index in [-0.39, 0.29) is 22.8 Å². The molecule has 0 radical (unpaired) electrons. The summed E-state index contributed by atoms with van der Waals surface area (Å²) >= 11 is 0. The van der Waals surface area contributed by atoms with Crippen LogP contribution in [0.15, 0.2) is 53.1 Å². The molecule has 23 heavy (non-hydrogen) atoms. The van der Waals surface area contributed by atoms with Crippen LogP contribution < -0.4 is 0 Å². The van der Waals surface area contributed by atoms with Crippen molar-refractivity contribution in [1.29, 1.82) is 0 Å². The largest absolute Gasteiger partial charge is 0.478 e. The van der Waals surface area contributed by atoms with Crippen LogP contribution in [0.3, 0.4) is 0 Å². The number of nitrogens with zero attached hydrogens (tertiary/aromatic N) is 2. The van der Waals surface area contributed by atoms with E-state index in [9.17, 15) is 9.59 Å². The second kappa shape index (κ2) is 5.72. The topological polar surface area (TPSA) is 114 Å². The van der Waals surface area contributed by atoms with Crippen LogP contribution in [0.4, 0.5) is 0 Å². The molecule has 0 saturated heterocycles. The number of hydrogen-bond acceptors (Lipinski definition) is 5. The molecule has 0 spiro atoms. The Bertz CT molecular complexity index is 829. The maximum absolute atomic E-state index is 11.0. The van der Waals surface area contributed by atoms with Gasteiger partial charge in [-0.05, 0) is 30.3 Å². The van der Waals surface area contributed by atoms with Gasteiger partial charge in [0.1, 0.15) is 0 Å². The minimum Gasteiger partial charge on any atom is -0.478 e. The van der Waals surface area contributed by atoms with E-state index in [1.54, 1.807) is 24.3 Å². The average molecular weight is 310 g/mol. The molecule has 0 saturated carbocycles. The molecule has 0 unspecified atom stereocenters. The molecule has 1 heterocycles. The Morgan fingerprint density at radius 2 is 1.43 bits per heavy atom. The van der Waals surface area contributed by atoms with Gasteiger partial charge in [-0.25, -0.2) is 9.59 Å². The van der Waals surface area contributed by atoms with Crippen molar-refractivity contribution in [3.63, 3.8) is 0 Å². The molecule has 0 fully saturated rings. The van der Waals surface area contributed by atoms with E-state index in [4.69, 9.17) is 14.7 Å². The third-order valence-corrected chi connectivity index (χ3v) is 3.15. The van der Waals surface area contributed by atoms with E-state index in [1.807, 2.05) is 0 Å². The number of hydrogen-bond donors (Lipinski definition) is 2. The fraction of sp³-hybridized carbons (Fsp3) is 0. The van der Waals surface area contributed by atoms with Crippen LogP contribution in [-0.2, 0) is 0 Å². The molecule has 3 aromatic rings. The molecule has 1 aromatic heterocycles. The van der Waals surface area contributed by atoms with Crippen LogP contribution in [-0.4, -0.2) is 32.3 Å². The van der Waals surface area contributed by atoms with E-state index in [2.05, 4.69) is 10.1 Å². The van der Waals surface area contributed by atoms with Crippen molar-refractivity contribution in [2.75, 3.05) is 0 Å². The van der Waals surface area contributed by atoms with Gasteiger partial charge in [0.2, 0.25) is 5.82 Å². The Balaban J connectivity index is 1.97. The molecule has 0 aliphatic heterocycles. The lowest BCUT2D eigenvalue weighted by Gasteiger charge is -1.97. The lowest BCUT2D eigenvalue weighted by molar-refractivity contribution is 0.0686. The third kappa shape index (κ3) is 2.93. The molecule has 0 bridgehead atoms. The maximum atomic E-state index is 11.0. The van der Waals surface area contributed by atoms with Gasteiger partial charge >= 0.3 is 11.9 Å². The van der Waals surface area contributed by atoms with E-state index < -0.39 is 11.9 Å². The Morgan fingerprint density at radius 3 is 2.04 bits per heavy atom. The van der Waals surface area contributed by atoms with Crippen molar-refractivity contribution in [3.05, 3.63) is 59.7 Å². The Labute approximate surface area is 129 Å². The summed E-state index contributed by atoms with van der Waals surface area (Å²) in [6, 6.07) is 12.3. The standard InChI is InChI=1S/C16H10N2O5/c19-15(20)11-5-1-3-9(7-11)13-17-14(23-18-13)10-4-2-6-12(8-10)16(21)22/h1-8H,(H,19,20)(H,21,22). The molecule has 7 heteroatoms. The summed E-state index contributed by atoms with van der Waals surface area (Å²) in [5.74, 6) is -1.72. The van der Waals surface area contributed by atoms with Gasteiger partial charge in [-0.1, -0.05) is 23.4 Å². The molecule has 114 valence electrons. The van der Waals surface area contributed by atoms with E-state index >= 15 is 0 Å². The molecule has 0 aliphatic rings. The number of carboxylic acids is 2. The first-order valence-electron chi connectivity index (χ1n) is 6.56. The number of rotatable bonds is 4. The van der Waals surface area contributed by atoms with Crippen molar-refractivity contribution in [2.45, 2.75) is 0 Å². The van der Waals surface area contributed by atoms with Gasteiger partial charge in [0.15, 0.2) is 0 Å². The van der Waals surface area contributed by atoms with E-state index in [1.165, 1.54) is 24.3 Å². The number of aromatic nitrogens is 2. The molecule has 3 rings (SSSR count). The van der Waals surface area contributed by atoms with Crippen LogP contribution in [0.5, 0.6) is 0 Å². The second-order valence-corrected chi connectivity index (χ2v) is 4.70. The lowest BCUT2D eigenvalue weighted by Crippen LogP contribution is -1.96. The van der Waals surface area contributed by atoms with E-state index in [0.29, 0.717) is 11.1 Å². The van der Waals surface area contributed by atoms with Crippen LogP contribution in [0.2, 0.25) is 0 Å². The molecular weight excluding hydrogens is 300 g/mol. The highest BCUT2D eigenvalue weighted by molar-refractivity contribution is 5.89. The highest BCUT2D eigenvalue weighted by atomic mass is 16.5. The predicted octanol–water partition coefficient (Wildman–Crippen LogP) is 2.80. The van der Waals surface area contributed by atoms with Crippen LogP contribution >= 0.6 is 0 Å². The summed E-state index contributed by atoms with van der Waals surface area (Å²) in [5.41, 5.74) is 1.18. The van der Waals surface area contributed by atoms with Crippen LogP contribution in [0, 0.1) is 0 Å². The van der Waals surface area contributed by atoms with Gasteiger partial charge in [0.25, 0.3) is 5.89 Å². The number of carboxylic acid groups (broad SMARTS) is 2. The molecule has 0 amide bonds. The molecule has 7 nitrogen and oxygen atoms in total. The van der Waals surface area contributed by atoms with Gasteiger partial charge in [-0.3, -0.25) is 0 Å². The van der Waals surface area contributed by atoms with Crippen LogP contribution in [0.25, 0.3) is 22.8 Å². The SMILES string of the molecule is O=C(O)c1cccc(-c2noc(-c3cccc(C(=O)O)c3)n2)c1. The maximum Gasteiger partial charge on any atom is 0.335 e. The zero-order chi connectivity index (χ0) is 16.4. The summed E-state index contributed by atoms with van der Waals surface area (Å²) in [7, 11) is 0. The quantitative estimate of drug-likeness (QED) is 0.761. The molecule has 0 aliphatic carbocycles. The summed E-state index contributed by atoms with van der Waals surface area (Å²) in [5, 5.41) is 21.8. The van der Waals surface area contributed by atoms with E-state index in [0.717, 1.165) is 0 Å². The average Bonchev–Trinajstić information content (AvgIpc) is 3.05. The van der Waals surface area contributed by atoms with Crippen molar-refractivity contribution < 1.29 is 24.3 Å². The van der Waals surface area contributed by atoms with Crippen molar-refractivity contribution in [3.8, 4) is 22.8 Å². The number of aromatic carboxylic acids is 2. The monoisotopic (exact) mass is 310 g/mol. The van der Waals surface area contributed by atoms with Gasteiger partial charge in [0, 0.05) is 11.1 Å². The Hall–Kier alpha value is -3.48. The first-order chi connectivity index (χ1) is 11.0. The van der Waals surface area contributed by atoms with Crippen LogP contribution in [0.1, 0.15) is 20.7 Å². The third-order valence-electron chi connectivity index (χ3n) is 3.15. The van der Waals surface area contributed by atoms with Gasteiger partial charge in [0.05, 0.1) is 11.1 Å². The molecular formula is C16H10N2O5. The highest BCUT2D eigenvalue weighted by Crippen LogP contribution is 2.23. The normalized spacial score (nSPS) is 10.4. The first-order valence-corrected chi connectivity index (χ1v) is 6.56. The zero-order valence-corrected chi connectivity index (χ0v) is 11.6. The minimum atomic E-state index is -1.05. The number of benzene rings is 2. The lowest BCUT2D eigenvalue weighted by atomic mass is 10.1. The highest BCUT2D eigenvalue weighted by Gasteiger charge is 2.13. The second-order valence-electron chi connectivity index (χ2n) is 4.70. The summed E-state index contributed by atoms with van der Waals surface area (Å²) in [6.45, 7) is 0. The fourth-order valence-electron chi connectivity index (χ4n) is 2.03. The Morgan fingerprint density at radius 1 is 0.870 bits per heavy atom. The van der Waals surface area contributed by atoms with Gasteiger partial charge in [-0.15, -0.1) is 0 Å². The molecule has 2 N–H and O–H groups in total. The zero-order valence-electron chi connectivity index (χ0n) is 11.6. The Kier molecular flexibility index (Phi) is 3.60. The molecule has 0 atom stereocenters. The van der Waals surface area contributed by atoms with Crippen molar-refractivity contribution in [1.82, 2.24) is 10.1 Å². The smallest absolute Gasteiger partial charge is 0.335 e. The summed E-state index contributed by atoms with van der Waals surface area (Å²) in [4.78, 5) is 26.2. The van der Waals surface area contributed by atoms with Crippen molar-refractivity contribution >= 4 is 11.9 Å². The first kappa shape index (κ1) is 14.5. The predicted molar refractivity (Wildman–Crippen MR) is 79.1 cm³/mol. The summed E-state index contributed by atoms with van der Waals surface area (Å²) in [6.07, 6.45) is 0. The van der Waals surface area contributed by atoms with Gasteiger partial charge in [-0.2, -0.15) is 4.98 Å². The van der Waals surface area contributed by atoms with Gasteiger partial charge < -0.3 is 14.7 Å². The van der Waals surface area contributed by atoms with Crippen molar-refractivity contribution in [2.24, 2.45) is 0 Å². The molecule has 2 aromatic carbocycles. The summed E-state index contributed by atoms with van der Waals surface area (Å²) < 4.78 is 5.14.